The summed E-state index contributed by atoms with van der Waals surface area (Å²) in [6.45, 7) is 1.74. The van der Waals surface area contributed by atoms with E-state index in [1.165, 1.54) is 24.8 Å². The maximum atomic E-state index is 6.10. The molecule has 0 spiro atoms. The minimum Gasteiger partial charge on any atom is -0.497 e. The number of aromatic nitrogens is 2. The summed E-state index contributed by atoms with van der Waals surface area (Å²) in [5.41, 5.74) is 1.29. The summed E-state index contributed by atoms with van der Waals surface area (Å²) < 4.78 is 13.2. The van der Waals surface area contributed by atoms with E-state index in [1.807, 2.05) is 42.2 Å². The average Bonchev–Trinajstić information content (AvgIpc) is 3.31. The Balaban J connectivity index is 1.41. The quantitative estimate of drug-likeness (QED) is 0.818. The lowest BCUT2D eigenvalue weighted by Crippen LogP contribution is -2.43. The van der Waals surface area contributed by atoms with Crippen LogP contribution in [0.3, 0.4) is 0 Å². The number of likely N-dealkylation sites (tertiary alicyclic amines) is 1. The van der Waals surface area contributed by atoms with E-state index >= 15 is 0 Å². The van der Waals surface area contributed by atoms with Crippen LogP contribution in [0.15, 0.2) is 36.7 Å². The number of ether oxygens (including phenoxy) is 2. The van der Waals surface area contributed by atoms with E-state index in [4.69, 9.17) is 9.47 Å². The van der Waals surface area contributed by atoms with Crippen LogP contribution in [0, 0.1) is 5.92 Å². The number of hydrogen-bond acceptors (Lipinski definition) is 4. The van der Waals surface area contributed by atoms with Crippen LogP contribution in [0.25, 0.3) is 0 Å². The van der Waals surface area contributed by atoms with Crippen molar-refractivity contribution in [1.82, 2.24) is 14.7 Å². The molecule has 4 rings (SSSR count). The molecule has 128 valence electrons. The summed E-state index contributed by atoms with van der Waals surface area (Å²) >= 11 is 0. The largest absolute Gasteiger partial charge is 0.497 e. The summed E-state index contributed by atoms with van der Waals surface area (Å²) in [6.07, 6.45) is 8.08. The maximum Gasteiger partial charge on any atom is 0.119 e. The van der Waals surface area contributed by atoms with Crippen LogP contribution in [-0.4, -0.2) is 40.5 Å². The summed E-state index contributed by atoms with van der Waals surface area (Å²) in [7, 11) is 3.66. The van der Waals surface area contributed by atoms with Crippen LogP contribution >= 0.6 is 0 Å². The molecule has 1 aliphatic heterocycles. The Morgan fingerprint density at radius 3 is 2.67 bits per heavy atom. The van der Waals surface area contributed by atoms with Gasteiger partial charge in [-0.1, -0.05) is 0 Å². The summed E-state index contributed by atoms with van der Waals surface area (Å²) in [5, 5.41) is 4.30. The Kier molecular flexibility index (Phi) is 4.19. The Hall–Kier alpha value is -2.01. The fraction of sp³-hybridized carbons (Fsp3) is 0.526. The molecule has 2 fully saturated rings. The van der Waals surface area contributed by atoms with Gasteiger partial charge in [0.2, 0.25) is 0 Å². The molecule has 1 saturated carbocycles. The van der Waals surface area contributed by atoms with E-state index in [2.05, 4.69) is 16.2 Å². The molecule has 24 heavy (non-hydrogen) atoms. The van der Waals surface area contributed by atoms with Crippen LogP contribution in [0.1, 0.15) is 24.8 Å². The second-order valence-electron chi connectivity index (χ2n) is 6.98. The van der Waals surface area contributed by atoms with Gasteiger partial charge in [-0.2, -0.15) is 5.10 Å². The number of piperidine rings is 1. The molecule has 1 aromatic heterocycles. The van der Waals surface area contributed by atoms with Gasteiger partial charge in [-0.25, -0.2) is 0 Å². The zero-order valence-electron chi connectivity index (χ0n) is 14.4. The number of benzene rings is 1. The SMILES string of the molecule is COc1ccc(OC[C@@H]2[C@H]3CC[C@H](C3)N2Cc2cnn(C)c2)cc1. The maximum absolute atomic E-state index is 6.10. The average molecular weight is 327 g/mol. The van der Waals surface area contributed by atoms with E-state index < -0.39 is 0 Å². The van der Waals surface area contributed by atoms with Gasteiger partial charge in [-0.15, -0.1) is 0 Å². The molecule has 1 saturated heterocycles. The predicted molar refractivity (Wildman–Crippen MR) is 92.2 cm³/mol. The molecule has 5 nitrogen and oxygen atoms in total. The third kappa shape index (κ3) is 3.00. The van der Waals surface area contributed by atoms with Gasteiger partial charge in [-0.3, -0.25) is 9.58 Å². The third-order valence-corrected chi connectivity index (χ3v) is 5.49. The van der Waals surface area contributed by atoms with Gasteiger partial charge in [-0.05, 0) is 49.4 Å². The lowest BCUT2D eigenvalue weighted by Gasteiger charge is -2.34. The van der Waals surface area contributed by atoms with Crippen LogP contribution in [0.2, 0.25) is 0 Å². The lowest BCUT2D eigenvalue weighted by atomic mass is 9.99. The molecule has 2 aromatic rings. The Morgan fingerprint density at radius 2 is 1.96 bits per heavy atom. The van der Waals surface area contributed by atoms with Gasteiger partial charge in [0.1, 0.15) is 18.1 Å². The fourth-order valence-corrected chi connectivity index (χ4v) is 4.28. The third-order valence-electron chi connectivity index (χ3n) is 5.49. The molecule has 5 heteroatoms. The molecule has 0 N–H and O–H groups in total. The van der Waals surface area contributed by atoms with E-state index in [9.17, 15) is 0 Å². The first kappa shape index (κ1) is 15.5. The van der Waals surface area contributed by atoms with Gasteiger partial charge in [0, 0.05) is 37.4 Å². The molecular formula is C19H25N3O2. The first-order valence-electron chi connectivity index (χ1n) is 8.73. The number of aryl methyl sites for hydroxylation is 1. The van der Waals surface area contributed by atoms with Crippen LogP contribution in [0.5, 0.6) is 11.5 Å². The predicted octanol–water partition coefficient (Wildman–Crippen LogP) is 2.86. The lowest BCUT2D eigenvalue weighted by molar-refractivity contribution is 0.0867. The highest BCUT2D eigenvalue weighted by Gasteiger charge is 2.45. The molecule has 0 unspecified atom stereocenters. The normalized spacial score (nSPS) is 26.0. The molecular weight excluding hydrogens is 302 g/mol. The Bertz CT molecular complexity index is 682. The number of rotatable bonds is 6. The second kappa shape index (κ2) is 6.48. The van der Waals surface area contributed by atoms with Crippen molar-refractivity contribution in [3.8, 4) is 11.5 Å². The highest BCUT2D eigenvalue weighted by molar-refractivity contribution is 5.31. The van der Waals surface area contributed by atoms with Crippen molar-refractivity contribution in [3.63, 3.8) is 0 Å². The molecule has 1 aliphatic carbocycles. The number of hydrogen-bond donors (Lipinski definition) is 0. The van der Waals surface area contributed by atoms with Gasteiger partial charge < -0.3 is 9.47 Å². The van der Waals surface area contributed by atoms with Gasteiger partial charge in [0.25, 0.3) is 0 Å². The van der Waals surface area contributed by atoms with Crippen molar-refractivity contribution in [2.24, 2.45) is 13.0 Å². The molecule has 2 bridgehead atoms. The number of fused-ring (bicyclic) bond motifs is 2. The molecule has 1 aromatic carbocycles. The summed E-state index contributed by atoms with van der Waals surface area (Å²) in [4.78, 5) is 2.63. The van der Waals surface area contributed by atoms with Crippen molar-refractivity contribution < 1.29 is 9.47 Å². The number of nitrogens with zero attached hydrogens (tertiary/aromatic N) is 3. The molecule has 3 atom stereocenters. The Morgan fingerprint density at radius 1 is 1.17 bits per heavy atom. The molecule has 2 heterocycles. The zero-order chi connectivity index (χ0) is 16.5. The van der Waals surface area contributed by atoms with Crippen molar-refractivity contribution >= 4 is 0 Å². The van der Waals surface area contributed by atoms with E-state index in [-0.39, 0.29) is 0 Å². The highest BCUT2D eigenvalue weighted by Crippen LogP contribution is 2.43. The van der Waals surface area contributed by atoms with Crippen molar-refractivity contribution in [1.29, 1.82) is 0 Å². The zero-order valence-corrected chi connectivity index (χ0v) is 14.4. The van der Waals surface area contributed by atoms with E-state index in [0.717, 1.165) is 30.6 Å². The van der Waals surface area contributed by atoms with Crippen LogP contribution < -0.4 is 9.47 Å². The molecule has 0 radical (unpaired) electrons. The van der Waals surface area contributed by atoms with Gasteiger partial charge in [0.15, 0.2) is 0 Å². The molecule has 2 aliphatic rings. The second-order valence-corrected chi connectivity index (χ2v) is 6.98. The summed E-state index contributed by atoms with van der Waals surface area (Å²) in [5.74, 6) is 2.55. The minimum absolute atomic E-state index is 0.506. The van der Waals surface area contributed by atoms with Gasteiger partial charge in [0.05, 0.1) is 13.3 Å². The standard InChI is InChI=1S/C19H25N3O2/c1-21-11-14(10-20-21)12-22-16-4-3-15(9-16)19(22)13-24-18-7-5-17(23-2)6-8-18/h5-8,10-11,15-16,19H,3-4,9,12-13H2,1-2H3/t15-,16+,19+/m0/s1. The first-order chi connectivity index (χ1) is 11.7. The van der Waals surface area contributed by atoms with Crippen LogP contribution in [0.4, 0.5) is 0 Å². The molecule has 0 amide bonds. The van der Waals surface area contributed by atoms with Crippen molar-refractivity contribution in [3.05, 3.63) is 42.2 Å². The van der Waals surface area contributed by atoms with Gasteiger partial charge >= 0.3 is 0 Å². The minimum atomic E-state index is 0.506. The first-order valence-corrected chi connectivity index (χ1v) is 8.73. The topological polar surface area (TPSA) is 39.5 Å². The Labute approximate surface area is 143 Å². The van der Waals surface area contributed by atoms with E-state index in [0.29, 0.717) is 12.1 Å². The smallest absolute Gasteiger partial charge is 0.119 e. The fourth-order valence-electron chi connectivity index (χ4n) is 4.28. The van der Waals surface area contributed by atoms with Crippen LogP contribution in [-0.2, 0) is 13.6 Å². The van der Waals surface area contributed by atoms with Crippen molar-refractivity contribution in [2.45, 2.75) is 37.9 Å². The van der Waals surface area contributed by atoms with Crippen molar-refractivity contribution in [2.75, 3.05) is 13.7 Å². The summed E-state index contributed by atoms with van der Waals surface area (Å²) in [6, 6.07) is 9.08. The van der Waals surface area contributed by atoms with E-state index in [1.54, 1.807) is 7.11 Å². The highest BCUT2D eigenvalue weighted by atomic mass is 16.5. The number of methoxy groups -OCH3 is 1. The monoisotopic (exact) mass is 327 g/mol.